The first-order valence-corrected chi connectivity index (χ1v) is 14.7. The van der Waals surface area contributed by atoms with Gasteiger partial charge in [-0.15, -0.1) is 0 Å². The highest BCUT2D eigenvalue weighted by molar-refractivity contribution is 5.75. The van der Waals surface area contributed by atoms with E-state index in [-0.39, 0.29) is 37.1 Å². The summed E-state index contributed by atoms with van der Waals surface area (Å²) in [5, 5.41) is 74.6. The fraction of sp³-hybridized carbons (Fsp3) is 0.536. The quantitative estimate of drug-likeness (QED) is 0.0461. The van der Waals surface area contributed by atoms with Gasteiger partial charge in [-0.1, -0.05) is 32.4 Å². The van der Waals surface area contributed by atoms with Crippen LogP contribution >= 0.6 is 0 Å². The van der Waals surface area contributed by atoms with E-state index in [2.05, 4.69) is 16.8 Å². The van der Waals surface area contributed by atoms with E-state index in [1.54, 1.807) is 12.1 Å². The van der Waals surface area contributed by atoms with Crippen LogP contribution in [-0.4, -0.2) is 133 Å². The number of aromatic hydroxyl groups is 1. The maximum Gasteiger partial charge on any atom is 0.322 e. The van der Waals surface area contributed by atoms with Crippen molar-refractivity contribution in [2.45, 2.75) is 63.7 Å². The molecular formula is C28H55N9O14. The van der Waals surface area contributed by atoms with Gasteiger partial charge in [0.15, 0.2) is 5.96 Å². The van der Waals surface area contributed by atoms with Crippen molar-refractivity contribution in [1.82, 2.24) is 5.32 Å². The monoisotopic (exact) mass is 741 g/mol. The molecule has 51 heavy (non-hydrogen) atoms. The third-order valence-corrected chi connectivity index (χ3v) is 5.44. The van der Waals surface area contributed by atoms with Crippen molar-refractivity contribution in [3.8, 4) is 5.75 Å². The number of carbonyl (C=O) groups is 6. The molecule has 0 heterocycles. The Kier molecular flexibility index (Phi) is 37.6. The molecule has 23 nitrogen and oxygen atoms in total. The van der Waals surface area contributed by atoms with E-state index in [1.165, 1.54) is 12.1 Å². The van der Waals surface area contributed by atoms with Crippen molar-refractivity contribution in [2.24, 2.45) is 46.1 Å². The van der Waals surface area contributed by atoms with Gasteiger partial charge in [-0.2, -0.15) is 0 Å². The number of rotatable bonds is 15. The zero-order valence-corrected chi connectivity index (χ0v) is 28.4. The summed E-state index contributed by atoms with van der Waals surface area (Å²) >= 11 is 0. The van der Waals surface area contributed by atoms with Crippen LogP contribution in [0.25, 0.3) is 0 Å². The van der Waals surface area contributed by atoms with E-state index in [4.69, 9.17) is 74.9 Å². The topological polar surface area (TPSA) is 482 Å². The zero-order chi connectivity index (χ0) is 41.3. The molecule has 0 aliphatic rings. The normalized spacial score (nSPS) is 12.3. The SMILES string of the molecule is CCC(C)C(N)C(=O)O.N=C(N)NCCCC(N)C(=O)O.NC(CO)C(=O)O.NC(Cc1ccc(O)cc1)C(=O)O.NCC(=O)O.NCC(=O)O. The number of carboxylic acid groups (broad SMARTS) is 6. The lowest BCUT2D eigenvalue weighted by Gasteiger charge is -2.11. The fourth-order valence-corrected chi connectivity index (χ4v) is 2.22. The first kappa shape index (κ1) is 55.2. The minimum atomic E-state index is -1.18. The number of nitrogens with one attached hydrogen (secondary N) is 2. The minimum Gasteiger partial charge on any atom is -0.508 e. The van der Waals surface area contributed by atoms with E-state index >= 15 is 0 Å². The average molecular weight is 742 g/mol. The molecule has 0 aliphatic carbocycles. The van der Waals surface area contributed by atoms with Gasteiger partial charge in [0.05, 0.1) is 19.7 Å². The summed E-state index contributed by atoms with van der Waals surface area (Å²) in [6, 6.07) is 2.78. The van der Waals surface area contributed by atoms with Crippen molar-refractivity contribution in [2.75, 3.05) is 26.2 Å². The summed E-state index contributed by atoms with van der Waals surface area (Å²) in [4.78, 5) is 58.9. The summed E-state index contributed by atoms with van der Waals surface area (Å²) in [5.41, 5.74) is 35.5. The van der Waals surface area contributed by atoms with Gasteiger partial charge in [-0.3, -0.25) is 34.2 Å². The molecule has 0 spiro atoms. The molecule has 0 radical (unpaired) electrons. The molecule has 5 atom stereocenters. The predicted molar refractivity (Wildman–Crippen MR) is 183 cm³/mol. The molecule has 296 valence electrons. The van der Waals surface area contributed by atoms with Crippen LogP contribution in [0.5, 0.6) is 5.75 Å². The second kappa shape index (κ2) is 34.7. The third-order valence-electron chi connectivity index (χ3n) is 5.44. The second-order valence-electron chi connectivity index (χ2n) is 9.82. The molecular weight excluding hydrogens is 686 g/mol. The average Bonchev–Trinajstić information content (AvgIpc) is 3.07. The summed E-state index contributed by atoms with van der Waals surface area (Å²) < 4.78 is 0. The number of aliphatic hydroxyl groups excluding tert-OH is 1. The number of guanidine groups is 1. The van der Waals surface area contributed by atoms with Crippen LogP contribution in [-0.2, 0) is 35.2 Å². The molecule has 0 saturated carbocycles. The number of benzene rings is 1. The maximum atomic E-state index is 10.4. The lowest BCUT2D eigenvalue weighted by atomic mass is 10.0. The second-order valence-corrected chi connectivity index (χ2v) is 9.82. The molecule has 0 amide bonds. The molecule has 1 rings (SSSR count). The van der Waals surface area contributed by atoms with Crippen LogP contribution in [0.15, 0.2) is 24.3 Å². The summed E-state index contributed by atoms with van der Waals surface area (Å²) in [7, 11) is 0. The first-order valence-electron chi connectivity index (χ1n) is 14.7. The number of hydrogen-bond donors (Lipinski definition) is 17. The number of aliphatic hydroxyl groups is 1. The summed E-state index contributed by atoms with van der Waals surface area (Å²) in [5.74, 6) is -5.93. The number of carboxylic acids is 6. The highest BCUT2D eigenvalue weighted by Crippen LogP contribution is 2.10. The molecule has 0 bridgehead atoms. The number of phenolic OH excluding ortho intramolecular Hbond substituents is 1. The Morgan fingerprint density at radius 2 is 1.14 bits per heavy atom. The van der Waals surface area contributed by atoms with Gasteiger partial charge in [0, 0.05) is 6.54 Å². The van der Waals surface area contributed by atoms with E-state index in [9.17, 15) is 28.8 Å². The third kappa shape index (κ3) is 42.8. The van der Waals surface area contributed by atoms with Gasteiger partial charge >= 0.3 is 35.8 Å². The Balaban J connectivity index is -0.000000172. The van der Waals surface area contributed by atoms with Gasteiger partial charge in [-0.05, 0) is 42.9 Å². The lowest BCUT2D eigenvalue weighted by molar-refractivity contribution is -0.140. The summed E-state index contributed by atoms with van der Waals surface area (Å²) in [6.45, 7) is 3.18. The Morgan fingerprint density at radius 3 is 1.37 bits per heavy atom. The maximum absolute atomic E-state index is 10.4. The van der Waals surface area contributed by atoms with E-state index < -0.39 is 66.6 Å². The molecule has 1 aromatic rings. The van der Waals surface area contributed by atoms with Crippen LogP contribution in [0.1, 0.15) is 38.7 Å². The molecule has 0 aliphatic heterocycles. The highest BCUT2D eigenvalue weighted by Gasteiger charge is 2.17. The minimum absolute atomic E-state index is 0.0718. The highest BCUT2D eigenvalue weighted by atomic mass is 16.4. The van der Waals surface area contributed by atoms with Gasteiger partial charge in [-0.25, -0.2) is 0 Å². The number of aliphatic carboxylic acids is 6. The van der Waals surface area contributed by atoms with Gasteiger partial charge in [0.2, 0.25) is 0 Å². The van der Waals surface area contributed by atoms with E-state index in [0.29, 0.717) is 19.4 Å². The predicted octanol–water partition coefficient (Wildman–Crippen LogP) is -4.10. The molecule has 1 aromatic carbocycles. The largest absolute Gasteiger partial charge is 0.508 e. The lowest BCUT2D eigenvalue weighted by Crippen LogP contribution is -2.36. The van der Waals surface area contributed by atoms with E-state index in [1.807, 2.05) is 13.8 Å². The molecule has 0 aromatic heterocycles. The molecule has 23 heteroatoms. The standard InChI is InChI=1S/C9H11NO3.C6H14N4O2.C6H13NO2.C3H7NO3.2C2H5NO2/c10-8(9(12)13)5-6-1-3-7(11)4-2-6;7-4(5(11)12)2-1-3-10-6(8)9;1-3-4(2)5(7)6(8)9;4-2(1-5)3(6)7;2*3-1-2(4)5/h1-4,8,11H,5,10H2,(H,12,13);4H,1-3,7H2,(H,11,12)(H4,8,9,10);4-5H,3,7H2,1-2H3,(H,8,9);2,5H,1,4H2,(H,6,7);2*1,3H2,(H,4,5). The number of phenols is 1. The molecule has 5 unspecified atom stereocenters. The Bertz CT molecular complexity index is 1130. The van der Waals surface area contributed by atoms with Crippen LogP contribution < -0.4 is 45.5 Å². The number of hydrogen-bond acceptors (Lipinski definition) is 15. The van der Waals surface area contributed by atoms with Crippen LogP contribution in [0, 0.1) is 11.3 Å². The van der Waals surface area contributed by atoms with Crippen molar-refractivity contribution in [1.29, 1.82) is 5.41 Å². The zero-order valence-electron chi connectivity index (χ0n) is 28.4. The van der Waals surface area contributed by atoms with Gasteiger partial charge in [0.25, 0.3) is 0 Å². The van der Waals surface area contributed by atoms with Crippen molar-refractivity contribution in [3.63, 3.8) is 0 Å². The first-order chi connectivity index (χ1) is 23.4. The van der Waals surface area contributed by atoms with Crippen LogP contribution in [0.3, 0.4) is 0 Å². The molecule has 24 N–H and O–H groups in total. The molecule has 0 fully saturated rings. The van der Waals surface area contributed by atoms with Crippen molar-refractivity contribution < 1.29 is 69.6 Å². The van der Waals surface area contributed by atoms with Crippen LogP contribution in [0.4, 0.5) is 0 Å². The van der Waals surface area contributed by atoms with Crippen LogP contribution in [0.2, 0.25) is 0 Å². The van der Waals surface area contributed by atoms with Gasteiger partial charge in [0.1, 0.15) is 29.9 Å². The van der Waals surface area contributed by atoms with Gasteiger partial charge < -0.3 is 86.3 Å². The fourth-order valence-electron chi connectivity index (χ4n) is 2.22. The Morgan fingerprint density at radius 1 is 0.745 bits per heavy atom. The molecule has 0 saturated heterocycles. The number of nitrogens with two attached hydrogens (primary N) is 7. The van der Waals surface area contributed by atoms with Crippen molar-refractivity contribution >= 4 is 41.8 Å². The Hall–Kier alpha value is -5.17. The van der Waals surface area contributed by atoms with Crippen molar-refractivity contribution in [3.05, 3.63) is 29.8 Å². The smallest absolute Gasteiger partial charge is 0.322 e. The Labute approximate surface area is 293 Å². The summed E-state index contributed by atoms with van der Waals surface area (Å²) in [6.07, 6.45) is 2.06. The van der Waals surface area contributed by atoms with E-state index in [0.717, 1.165) is 12.0 Å².